The van der Waals surface area contributed by atoms with Crippen LogP contribution in [0.2, 0.25) is 0 Å². The van der Waals surface area contributed by atoms with Crippen molar-refractivity contribution in [1.29, 1.82) is 0 Å². The lowest BCUT2D eigenvalue weighted by Gasteiger charge is -2.12. The van der Waals surface area contributed by atoms with Crippen LogP contribution in [0, 0.1) is 0 Å². The molecule has 196 valence electrons. The highest BCUT2D eigenvalue weighted by atomic mass is 32.2. The van der Waals surface area contributed by atoms with Crippen molar-refractivity contribution in [3.05, 3.63) is 77.9 Å². The molecule has 0 spiro atoms. The quantitative estimate of drug-likeness (QED) is 0.288. The monoisotopic (exact) mass is 532 g/mol. The molecule has 38 heavy (non-hydrogen) atoms. The van der Waals surface area contributed by atoms with Gasteiger partial charge in [-0.05, 0) is 50.5 Å². The van der Waals surface area contributed by atoms with Crippen molar-refractivity contribution >= 4 is 43.4 Å². The van der Waals surface area contributed by atoms with E-state index in [9.17, 15) is 13.2 Å². The summed E-state index contributed by atoms with van der Waals surface area (Å²) in [6.07, 6.45) is 6.18. The molecule has 0 aliphatic carbocycles. The Labute approximate surface area is 219 Å². The molecule has 0 amide bonds. The van der Waals surface area contributed by atoms with E-state index in [1.807, 2.05) is 32.3 Å². The Morgan fingerprint density at radius 2 is 1.95 bits per heavy atom. The number of hydrogen-bond donors (Lipinski definition) is 1. The molecule has 1 N–H and O–H groups in total. The second-order valence-electron chi connectivity index (χ2n) is 9.24. The number of benzene rings is 1. The van der Waals surface area contributed by atoms with Crippen LogP contribution in [0.15, 0.2) is 77.3 Å². The third-order valence-corrected chi connectivity index (χ3v) is 7.09. The van der Waals surface area contributed by atoms with Gasteiger partial charge in [0.05, 0.1) is 6.54 Å². The maximum atomic E-state index is 13.2. The van der Waals surface area contributed by atoms with Crippen molar-refractivity contribution in [1.82, 2.24) is 33.8 Å². The number of nitrogens with zero attached hydrogens (tertiary/aromatic N) is 7. The largest absolute Gasteiger partial charge is 0.346 e. The smallest absolute Gasteiger partial charge is 0.278 e. The zero-order chi connectivity index (χ0) is 27.0. The first-order valence-corrected chi connectivity index (χ1v) is 13.8. The van der Waals surface area contributed by atoms with Crippen LogP contribution < -0.4 is 10.9 Å². The number of likely N-dealkylation sites (N-methyl/N-ethyl adjacent to an activating group) is 1. The van der Waals surface area contributed by atoms with Crippen LogP contribution in [0.1, 0.15) is 0 Å². The minimum absolute atomic E-state index is 0.104. The summed E-state index contributed by atoms with van der Waals surface area (Å²) in [5, 5.41) is 4.47. The van der Waals surface area contributed by atoms with Gasteiger partial charge in [0, 0.05) is 48.3 Å². The predicted molar refractivity (Wildman–Crippen MR) is 148 cm³/mol. The van der Waals surface area contributed by atoms with E-state index >= 15 is 0 Å². The minimum Gasteiger partial charge on any atom is -0.346 e. The van der Waals surface area contributed by atoms with Crippen LogP contribution in [-0.2, 0) is 22.9 Å². The Morgan fingerprint density at radius 3 is 2.68 bits per heavy atom. The molecular formula is C26H28N8O3S. The Kier molecular flexibility index (Phi) is 6.59. The summed E-state index contributed by atoms with van der Waals surface area (Å²) in [5.41, 5.74) is 1.88. The van der Waals surface area contributed by atoms with Gasteiger partial charge < -0.3 is 14.8 Å². The number of anilines is 2. The molecule has 0 bridgehead atoms. The molecule has 0 radical (unpaired) electrons. The van der Waals surface area contributed by atoms with Crippen molar-refractivity contribution in [3.63, 3.8) is 0 Å². The molecule has 1 aromatic carbocycles. The van der Waals surface area contributed by atoms with Gasteiger partial charge in [-0.25, -0.2) is 27.7 Å². The number of rotatable bonds is 9. The first-order chi connectivity index (χ1) is 18.2. The van der Waals surface area contributed by atoms with Crippen LogP contribution in [0.4, 0.5) is 11.6 Å². The van der Waals surface area contributed by atoms with Crippen LogP contribution in [0.3, 0.4) is 0 Å². The topological polar surface area (TPSA) is 120 Å². The van der Waals surface area contributed by atoms with Crippen molar-refractivity contribution < 1.29 is 8.42 Å². The van der Waals surface area contributed by atoms with Crippen molar-refractivity contribution in [2.75, 3.05) is 32.2 Å². The molecule has 4 heterocycles. The summed E-state index contributed by atoms with van der Waals surface area (Å²) in [6.45, 7) is 5.73. The molecule has 5 aromatic rings. The van der Waals surface area contributed by atoms with Crippen LogP contribution in [0.5, 0.6) is 0 Å². The maximum Gasteiger partial charge on any atom is 0.278 e. The van der Waals surface area contributed by atoms with Gasteiger partial charge in [0.15, 0.2) is 26.3 Å². The normalized spacial score (nSPS) is 12.0. The van der Waals surface area contributed by atoms with E-state index in [1.165, 1.54) is 21.6 Å². The van der Waals surface area contributed by atoms with Gasteiger partial charge in [-0.1, -0.05) is 12.1 Å². The first-order valence-electron chi connectivity index (χ1n) is 11.9. The van der Waals surface area contributed by atoms with Gasteiger partial charge in [0.25, 0.3) is 5.56 Å². The number of nitrogens with one attached hydrogen (secondary N) is 1. The summed E-state index contributed by atoms with van der Waals surface area (Å²) in [6, 6.07) is 12.7. The third kappa shape index (κ3) is 4.83. The first kappa shape index (κ1) is 25.4. The Hall–Kier alpha value is -4.29. The summed E-state index contributed by atoms with van der Waals surface area (Å²) < 4.78 is 29.3. The fraction of sp³-hybridized carbons (Fsp3) is 0.231. The SMILES string of the molecule is C=CCn1c(=O)c2cnc(Nc3ccc4c(ccn4CCN(C)C)c3)nc2n1-c1cccc(S(C)(=O)=O)n1. The molecule has 0 saturated carbocycles. The lowest BCUT2D eigenvalue weighted by Crippen LogP contribution is -2.22. The fourth-order valence-corrected chi connectivity index (χ4v) is 4.83. The van der Waals surface area contributed by atoms with E-state index in [-0.39, 0.29) is 34.3 Å². The Bertz CT molecular complexity index is 1830. The van der Waals surface area contributed by atoms with E-state index in [0.29, 0.717) is 5.65 Å². The average molecular weight is 533 g/mol. The Morgan fingerprint density at radius 1 is 1.13 bits per heavy atom. The number of allylic oxidation sites excluding steroid dienone is 1. The highest BCUT2D eigenvalue weighted by molar-refractivity contribution is 7.90. The molecule has 4 aromatic heterocycles. The second-order valence-corrected chi connectivity index (χ2v) is 11.2. The summed E-state index contributed by atoms with van der Waals surface area (Å²) >= 11 is 0. The number of fused-ring (bicyclic) bond motifs is 2. The molecule has 0 fully saturated rings. The highest BCUT2D eigenvalue weighted by Crippen LogP contribution is 2.24. The van der Waals surface area contributed by atoms with Crippen LogP contribution in [-0.4, -0.2) is 69.1 Å². The van der Waals surface area contributed by atoms with Gasteiger partial charge in [-0.2, -0.15) is 4.98 Å². The zero-order valence-electron chi connectivity index (χ0n) is 21.4. The third-order valence-electron chi connectivity index (χ3n) is 6.10. The molecule has 0 atom stereocenters. The van der Waals surface area contributed by atoms with E-state index in [1.54, 1.807) is 18.2 Å². The van der Waals surface area contributed by atoms with E-state index in [0.717, 1.165) is 35.9 Å². The van der Waals surface area contributed by atoms with Gasteiger partial charge in [-0.15, -0.1) is 6.58 Å². The standard InChI is InChI=1S/C26H28N8O3S/c1-5-12-33-25(35)20-17-27-26(30-24(20)34(33)22-7-6-8-23(29-22)38(4,36)37)28-19-9-10-21-18(16-19)11-13-32(21)15-14-31(2)3/h5-11,13,16-17H,1,12,14-15H2,2-4H3,(H,27,28,30). The lowest BCUT2D eigenvalue weighted by molar-refractivity contribution is 0.387. The highest BCUT2D eigenvalue weighted by Gasteiger charge is 2.19. The van der Waals surface area contributed by atoms with Crippen LogP contribution >= 0.6 is 0 Å². The maximum absolute atomic E-state index is 13.2. The minimum atomic E-state index is -3.56. The van der Waals surface area contributed by atoms with E-state index < -0.39 is 9.84 Å². The summed E-state index contributed by atoms with van der Waals surface area (Å²) in [5.74, 6) is 0.527. The van der Waals surface area contributed by atoms with E-state index in [4.69, 9.17) is 0 Å². The molecule has 5 rings (SSSR count). The van der Waals surface area contributed by atoms with E-state index in [2.05, 4.69) is 48.6 Å². The molecule has 11 nitrogen and oxygen atoms in total. The predicted octanol–water partition coefficient (Wildman–Crippen LogP) is 2.83. The number of sulfone groups is 1. The summed E-state index contributed by atoms with van der Waals surface area (Å²) in [7, 11) is 0.540. The van der Waals surface area contributed by atoms with Crippen LogP contribution in [0.25, 0.3) is 27.8 Å². The number of pyridine rings is 1. The van der Waals surface area contributed by atoms with Gasteiger partial charge in [0.2, 0.25) is 5.95 Å². The van der Waals surface area contributed by atoms with Gasteiger partial charge in [0.1, 0.15) is 5.39 Å². The molecule has 0 aliphatic heterocycles. The van der Waals surface area contributed by atoms with Gasteiger partial charge in [-0.3, -0.25) is 4.79 Å². The average Bonchev–Trinajstić information content (AvgIpc) is 3.40. The van der Waals surface area contributed by atoms with Crippen molar-refractivity contribution in [3.8, 4) is 5.82 Å². The van der Waals surface area contributed by atoms with Gasteiger partial charge >= 0.3 is 0 Å². The lowest BCUT2D eigenvalue weighted by atomic mass is 10.2. The summed E-state index contributed by atoms with van der Waals surface area (Å²) in [4.78, 5) is 28.6. The van der Waals surface area contributed by atoms with Crippen molar-refractivity contribution in [2.45, 2.75) is 18.1 Å². The molecular weight excluding hydrogens is 504 g/mol. The second kappa shape index (κ2) is 9.88. The molecule has 12 heteroatoms. The Balaban J connectivity index is 1.56. The van der Waals surface area contributed by atoms with Crippen molar-refractivity contribution in [2.24, 2.45) is 0 Å². The number of aromatic nitrogens is 6. The number of hydrogen-bond acceptors (Lipinski definition) is 8. The molecule has 0 saturated heterocycles. The molecule has 0 unspecified atom stereocenters. The fourth-order valence-electron chi connectivity index (χ4n) is 4.25. The zero-order valence-corrected chi connectivity index (χ0v) is 22.2. The molecule has 0 aliphatic rings.